The van der Waals surface area contributed by atoms with Gasteiger partial charge in [-0.1, -0.05) is 18.2 Å². The lowest BCUT2D eigenvalue weighted by Gasteiger charge is -2.22. The Hall–Kier alpha value is -3.26. The number of nitrogens with zero attached hydrogens (tertiary/aromatic N) is 3. The highest BCUT2D eigenvalue weighted by molar-refractivity contribution is 5.78. The molecule has 1 amide bonds. The van der Waals surface area contributed by atoms with E-state index in [9.17, 15) is 13.6 Å². The Balaban J connectivity index is 1.77. The lowest BCUT2D eigenvalue weighted by Crippen LogP contribution is -2.35. The van der Waals surface area contributed by atoms with Crippen LogP contribution in [0.1, 0.15) is 24.1 Å². The molecule has 0 bridgehead atoms. The smallest absolute Gasteiger partial charge is 0.249 e. The van der Waals surface area contributed by atoms with E-state index >= 15 is 0 Å². The Morgan fingerprint density at radius 3 is 2.58 bits per heavy atom. The molecule has 0 unspecified atom stereocenters. The standard InChI is InChI=1S/C23H23F2N3O3/c1-15-19(13-27(17-9-10-17)22(29)14-30-2)23(28(26-15)18-6-4-3-5-7-18)31-21-11-8-16(24)12-20(21)25/h3-8,11-12,17H,9-10,13-14H2,1-2H3. The fourth-order valence-electron chi connectivity index (χ4n) is 3.42. The van der Waals surface area contributed by atoms with Gasteiger partial charge in [0.05, 0.1) is 23.5 Å². The number of para-hydroxylation sites is 1. The molecule has 0 radical (unpaired) electrons. The summed E-state index contributed by atoms with van der Waals surface area (Å²) in [5, 5.41) is 4.59. The number of carbonyl (C=O) groups is 1. The van der Waals surface area contributed by atoms with Crippen LogP contribution in [0.5, 0.6) is 11.6 Å². The molecule has 162 valence electrons. The zero-order valence-electron chi connectivity index (χ0n) is 17.3. The molecular weight excluding hydrogens is 404 g/mol. The summed E-state index contributed by atoms with van der Waals surface area (Å²) in [7, 11) is 1.48. The summed E-state index contributed by atoms with van der Waals surface area (Å²) in [5.41, 5.74) is 2.02. The van der Waals surface area contributed by atoms with Crippen LogP contribution in [0.25, 0.3) is 5.69 Å². The van der Waals surface area contributed by atoms with Crippen molar-refractivity contribution in [2.45, 2.75) is 32.4 Å². The van der Waals surface area contributed by atoms with E-state index in [2.05, 4.69) is 5.10 Å². The van der Waals surface area contributed by atoms with Gasteiger partial charge in [0.25, 0.3) is 0 Å². The van der Waals surface area contributed by atoms with E-state index in [4.69, 9.17) is 9.47 Å². The Kier molecular flexibility index (Phi) is 5.99. The molecule has 4 rings (SSSR count). The Morgan fingerprint density at radius 1 is 1.19 bits per heavy atom. The zero-order valence-corrected chi connectivity index (χ0v) is 17.3. The predicted octanol–water partition coefficient (Wildman–Crippen LogP) is 4.39. The molecule has 3 aromatic rings. The van der Waals surface area contributed by atoms with Gasteiger partial charge in [0.2, 0.25) is 11.8 Å². The van der Waals surface area contributed by atoms with Crippen molar-refractivity contribution in [2.24, 2.45) is 0 Å². The van der Waals surface area contributed by atoms with Gasteiger partial charge in [0, 0.05) is 19.2 Å². The fraction of sp³-hybridized carbons (Fsp3) is 0.304. The molecule has 0 spiro atoms. The van der Waals surface area contributed by atoms with Crippen LogP contribution in [0.4, 0.5) is 8.78 Å². The van der Waals surface area contributed by atoms with Crippen LogP contribution in [-0.2, 0) is 16.1 Å². The van der Waals surface area contributed by atoms with Gasteiger partial charge < -0.3 is 14.4 Å². The van der Waals surface area contributed by atoms with Gasteiger partial charge in [-0.15, -0.1) is 0 Å². The fourth-order valence-corrected chi connectivity index (χ4v) is 3.42. The third kappa shape index (κ3) is 4.59. The van der Waals surface area contributed by atoms with Gasteiger partial charge in [-0.25, -0.2) is 13.5 Å². The maximum Gasteiger partial charge on any atom is 0.249 e. The van der Waals surface area contributed by atoms with Crippen molar-refractivity contribution < 1.29 is 23.0 Å². The summed E-state index contributed by atoms with van der Waals surface area (Å²) in [6.45, 7) is 2.04. The number of hydrogen-bond acceptors (Lipinski definition) is 4. The molecule has 1 aliphatic carbocycles. The number of methoxy groups -OCH3 is 1. The van der Waals surface area contributed by atoms with Crippen molar-refractivity contribution in [3.05, 3.63) is 71.4 Å². The monoisotopic (exact) mass is 427 g/mol. The summed E-state index contributed by atoms with van der Waals surface area (Å²) in [5.74, 6) is -1.48. The van der Waals surface area contributed by atoms with Crippen molar-refractivity contribution >= 4 is 5.91 Å². The molecule has 1 aliphatic rings. The van der Waals surface area contributed by atoms with Gasteiger partial charge >= 0.3 is 0 Å². The number of aryl methyl sites for hydroxylation is 1. The molecule has 8 heteroatoms. The third-order valence-corrected chi connectivity index (χ3v) is 5.14. The van der Waals surface area contributed by atoms with Crippen LogP contribution in [0.2, 0.25) is 0 Å². The van der Waals surface area contributed by atoms with Crippen LogP contribution in [0.15, 0.2) is 48.5 Å². The van der Waals surface area contributed by atoms with E-state index in [0.29, 0.717) is 11.3 Å². The number of halogens is 2. The predicted molar refractivity (Wildman–Crippen MR) is 110 cm³/mol. The first-order chi connectivity index (χ1) is 15.0. The minimum Gasteiger partial charge on any atom is -0.435 e. The van der Waals surface area contributed by atoms with Crippen molar-refractivity contribution in [3.8, 4) is 17.3 Å². The van der Waals surface area contributed by atoms with Gasteiger partial charge in [-0.05, 0) is 44.0 Å². The number of carbonyl (C=O) groups excluding carboxylic acids is 1. The van der Waals surface area contributed by atoms with E-state index in [0.717, 1.165) is 30.7 Å². The van der Waals surface area contributed by atoms with Gasteiger partial charge in [0.1, 0.15) is 12.4 Å². The molecule has 0 atom stereocenters. The van der Waals surface area contributed by atoms with Crippen molar-refractivity contribution in [2.75, 3.05) is 13.7 Å². The number of hydrogen-bond donors (Lipinski definition) is 0. The summed E-state index contributed by atoms with van der Waals surface area (Å²) in [4.78, 5) is 14.4. The Labute approximate surface area is 179 Å². The summed E-state index contributed by atoms with van der Waals surface area (Å²) >= 11 is 0. The van der Waals surface area contributed by atoms with Gasteiger partial charge in [-0.3, -0.25) is 4.79 Å². The van der Waals surface area contributed by atoms with Crippen molar-refractivity contribution in [1.29, 1.82) is 0 Å². The van der Waals surface area contributed by atoms with E-state index in [-0.39, 0.29) is 36.7 Å². The number of rotatable bonds is 8. The second-order valence-corrected chi connectivity index (χ2v) is 7.48. The van der Waals surface area contributed by atoms with Crippen LogP contribution < -0.4 is 4.74 Å². The molecule has 6 nitrogen and oxygen atoms in total. The highest BCUT2D eigenvalue weighted by Gasteiger charge is 2.34. The van der Waals surface area contributed by atoms with Gasteiger partial charge in [0.15, 0.2) is 11.6 Å². The van der Waals surface area contributed by atoms with Crippen molar-refractivity contribution in [1.82, 2.24) is 14.7 Å². The second kappa shape index (κ2) is 8.85. The molecular formula is C23H23F2N3O3. The highest BCUT2D eigenvalue weighted by Crippen LogP contribution is 2.35. The molecule has 2 aromatic carbocycles. The molecule has 31 heavy (non-hydrogen) atoms. The van der Waals surface area contributed by atoms with Gasteiger partial charge in [-0.2, -0.15) is 5.10 Å². The Morgan fingerprint density at radius 2 is 1.94 bits per heavy atom. The normalized spacial score (nSPS) is 13.3. The molecule has 0 N–H and O–H groups in total. The maximum absolute atomic E-state index is 14.4. The van der Waals surface area contributed by atoms with Crippen LogP contribution in [0, 0.1) is 18.6 Å². The molecule has 0 aliphatic heterocycles. The lowest BCUT2D eigenvalue weighted by atomic mass is 10.2. The third-order valence-electron chi connectivity index (χ3n) is 5.14. The largest absolute Gasteiger partial charge is 0.435 e. The lowest BCUT2D eigenvalue weighted by molar-refractivity contribution is -0.136. The number of ether oxygens (including phenoxy) is 2. The molecule has 1 saturated carbocycles. The first-order valence-electron chi connectivity index (χ1n) is 10.0. The second-order valence-electron chi connectivity index (χ2n) is 7.48. The Bertz CT molecular complexity index is 1080. The average Bonchev–Trinajstić information content (AvgIpc) is 3.54. The van der Waals surface area contributed by atoms with E-state index < -0.39 is 11.6 Å². The molecule has 1 aromatic heterocycles. The summed E-state index contributed by atoms with van der Waals surface area (Å²) < 4.78 is 40.3. The number of benzene rings is 2. The minimum atomic E-state index is -0.820. The van der Waals surface area contributed by atoms with E-state index in [1.807, 2.05) is 37.3 Å². The maximum atomic E-state index is 14.4. The topological polar surface area (TPSA) is 56.6 Å². The highest BCUT2D eigenvalue weighted by atomic mass is 19.1. The first kappa shape index (κ1) is 21.0. The average molecular weight is 427 g/mol. The van der Waals surface area contributed by atoms with Crippen LogP contribution in [0.3, 0.4) is 0 Å². The zero-order chi connectivity index (χ0) is 22.0. The van der Waals surface area contributed by atoms with E-state index in [1.165, 1.54) is 13.2 Å². The van der Waals surface area contributed by atoms with E-state index in [1.54, 1.807) is 9.58 Å². The minimum absolute atomic E-state index is 0.0227. The number of amides is 1. The SMILES string of the molecule is COCC(=O)N(Cc1c(C)nn(-c2ccccc2)c1Oc1ccc(F)cc1F)C1CC1. The van der Waals surface area contributed by atoms with Crippen LogP contribution >= 0.6 is 0 Å². The summed E-state index contributed by atoms with van der Waals surface area (Å²) in [6.07, 6.45) is 1.84. The molecule has 0 saturated heterocycles. The van der Waals surface area contributed by atoms with Crippen LogP contribution in [-0.4, -0.2) is 40.3 Å². The quantitative estimate of drug-likeness (QED) is 0.535. The summed E-state index contributed by atoms with van der Waals surface area (Å²) in [6, 6.07) is 12.5. The first-order valence-corrected chi connectivity index (χ1v) is 10.0. The van der Waals surface area contributed by atoms with Crippen molar-refractivity contribution in [3.63, 3.8) is 0 Å². The number of aromatic nitrogens is 2. The molecule has 1 heterocycles. The molecule has 1 fully saturated rings.